The van der Waals surface area contributed by atoms with E-state index in [1.807, 2.05) is 49.4 Å². The molecular formula is C19H18N2O3. The van der Waals surface area contributed by atoms with Gasteiger partial charge in [-0.3, -0.25) is 0 Å². The van der Waals surface area contributed by atoms with E-state index >= 15 is 0 Å². The number of nitrogens with zero attached hydrogens (tertiary/aromatic N) is 2. The molecule has 0 saturated heterocycles. The minimum absolute atomic E-state index is 0.405. The molecule has 122 valence electrons. The minimum atomic E-state index is -0.405. The maximum atomic E-state index is 12.0. The molecule has 1 heterocycles. The van der Waals surface area contributed by atoms with Gasteiger partial charge in [-0.1, -0.05) is 42.0 Å². The van der Waals surface area contributed by atoms with Crippen LogP contribution in [-0.2, 0) is 4.74 Å². The molecule has 0 spiro atoms. The SMILES string of the molecule is COC(=O)c1cn(/N=C/c2cccc(C)c2)c2c(OC)cccc12. The lowest BCUT2D eigenvalue weighted by atomic mass is 10.1. The molecule has 0 amide bonds. The van der Waals surface area contributed by atoms with Gasteiger partial charge >= 0.3 is 5.97 Å². The number of hydrogen-bond donors (Lipinski definition) is 0. The number of esters is 1. The van der Waals surface area contributed by atoms with Crippen molar-refractivity contribution < 1.29 is 14.3 Å². The Balaban J connectivity index is 2.14. The van der Waals surface area contributed by atoms with Gasteiger partial charge in [0.05, 0.1) is 26.0 Å². The largest absolute Gasteiger partial charge is 0.494 e. The molecule has 0 N–H and O–H groups in total. The van der Waals surface area contributed by atoms with E-state index in [0.717, 1.165) is 22.0 Å². The number of ether oxygens (including phenoxy) is 2. The van der Waals surface area contributed by atoms with Crippen LogP contribution >= 0.6 is 0 Å². The fourth-order valence-corrected chi connectivity index (χ4v) is 2.64. The first kappa shape index (κ1) is 15.8. The van der Waals surface area contributed by atoms with Crippen molar-refractivity contribution in [2.24, 2.45) is 5.10 Å². The maximum absolute atomic E-state index is 12.0. The zero-order valence-corrected chi connectivity index (χ0v) is 13.8. The summed E-state index contributed by atoms with van der Waals surface area (Å²) in [6, 6.07) is 13.5. The molecule has 5 nitrogen and oxygen atoms in total. The van der Waals surface area contributed by atoms with Crippen molar-refractivity contribution in [3.63, 3.8) is 0 Å². The van der Waals surface area contributed by atoms with E-state index in [-0.39, 0.29) is 0 Å². The first-order chi connectivity index (χ1) is 11.6. The minimum Gasteiger partial charge on any atom is -0.494 e. The quantitative estimate of drug-likeness (QED) is 0.544. The van der Waals surface area contributed by atoms with Crippen molar-refractivity contribution in [3.8, 4) is 5.75 Å². The third kappa shape index (κ3) is 2.88. The molecule has 0 fully saturated rings. The van der Waals surface area contributed by atoms with Crippen LogP contribution in [0.3, 0.4) is 0 Å². The average molecular weight is 322 g/mol. The number of rotatable bonds is 4. The molecule has 2 aromatic carbocycles. The summed E-state index contributed by atoms with van der Waals surface area (Å²) in [5.41, 5.74) is 3.31. The summed E-state index contributed by atoms with van der Waals surface area (Å²) in [4.78, 5) is 12.0. The van der Waals surface area contributed by atoms with Crippen molar-refractivity contribution in [1.82, 2.24) is 4.68 Å². The number of carbonyl (C=O) groups excluding carboxylic acids is 1. The Morgan fingerprint density at radius 2 is 1.96 bits per heavy atom. The van der Waals surface area contributed by atoms with Crippen LogP contribution in [0.5, 0.6) is 5.75 Å². The normalized spacial score (nSPS) is 11.1. The molecule has 0 bridgehead atoms. The molecule has 5 heteroatoms. The Bertz CT molecular complexity index is 926. The zero-order valence-electron chi connectivity index (χ0n) is 13.8. The monoisotopic (exact) mass is 322 g/mol. The highest BCUT2D eigenvalue weighted by Crippen LogP contribution is 2.30. The van der Waals surface area contributed by atoms with Crippen molar-refractivity contribution >= 4 is 23.1 Å². The highest BCUT2D eigenvalue weighted by atomic mass is 16.5. The smallest absolute Gasteiger partial charge is 0.340 e. The molecule has 3 aromatic rings. The molecule has 0 aliphatic heterocycles. The van der Waals surface area contributed by atoms with E-state index in [2.05, 4.69) is 5.10 Å². The second-order valence-electron chi connectivity index (χ2n) is 5.39. The fraction of sp³-hybridized carbons (Fsp3) is 0.158. The summed E-state index contributed by atoms with van der Waals surface area (Å²) in [5, 5.41) is 5.23. The third-order valence-corrected chi connectivity index (χ3v) is 3.77. The average Bonchev–Trinajstić information content (AvgIpc) is 2.98. The Morgan fingerprint density at radius 3 is 2.67 bits per heavy atom. The van der Waals surface area contributed by atoms with E-state index in [1.165, 1.54) is 7.11 Å². The van der Waals surface area contributed by atoms with Gasteiger partial charge < -0.3 is 9.47 Å². The highest BCUT2D eigenvalue weighted by Gasteiger charge is 2.18. The number of benzene rings is 2. The molecule has 0 radical (unpaired) electrons. The van der Waals surface area contributed by atoms with E-state index < -0.39 is 5.97 Å². The lowest BCUT2D eigenvalue weighted by molar-refractivity contribution is 0.0603. The van der Waals surface area contributed by atoms with Gasteiger partial charge in [0.15, 0.2) is 0 Å². The molecule has 0 saturated carbocycles. The van der Waals surface area contributed by atoms with Crippen LogP contribution in [0.2, 0.25) is 0 Å². The summed E-state index contributed by atoms with van der Waals surface area (Å²) in [6.45, 7) is 2.03. The lowest BCUT2D eigenvalue weighted by Crippen LogP contribution is -1.99. The van der Waals surface area contributed by atoms with Crippen molar-refractivity contribution in [1.29, 1.82) is 0 Å². The standard InChI is InChI=1S/C19H18N2O3/c1-13-6-4-7-14(10-13)11-20-21-12-16(19(22)24-3)15-8-5-9-17(23-2)18(15)21/h4-12H,1-3H3/b20-11+. The zero-order chi connectivity index (χ0) is 17.1. The molecule has 0 unspecified atom stereocenters. The Hall–Kier alpha value is -3.08. The Kier molecular flexibility index (Phi) is 4.33. The molecule has 24 heavy (non-hydrogen) atoms. The van der Waals surface area contributed by atoms with Crippen LogP contribution in [0.25, 0.3) is 10.9 Å². The van der Waals surface area contributed by atoms with Gasteiger partial charge in [-0.25, -0.2) is 9.47 Å². The molecule has 1 aromatic heterocycles. The van der Waals surface area contributed by atoms with Gasteiger partial charge in [-0.2, -0.15) is 5.10 Å². The number of aryl methyl sites for hydroxylation is 1. The van der Waals surface area contributed by atoms with Crippen molar-refractivity contribution in [2.45, 2.75) is 6.92 Å². The number of methoxy groups -OCH3 is 2. The number of carbonyl (C=O) groups is 1. The van der Waals surface area contributed by atoms with E-state index in [1.54, 1.807) is 24.2 Å². The number of aromatic nitrogens is 1. The van der Waals surface area contributed by atoms with Gasteiger partial charge in [0, 0.05) is 11.6 Å². The van der Waals surface area contributed by atoms with Crippen LogP contribution in [0, 0.1) is 6.92 Å². The second-order valence-corrected chi connectivity index (χ2v) is 5.39. The fourth-order valence-electron chi connectivity index (χ4n) is 2.64. The number of para-hydroxylation sites is 1. The van der Waals surface area contributed by atoms with Crippen LogP contribution < -0.4 is 4.74 Å². The van der Waals surface area contributed by atoms with Gasteiger partial charge in [0.1, 0.15) is 11.3 Å². The van der Waals surface area contributed by atoms with Crippen LogP contribution in [0.4, 0.5) is 0 Å². The molecular weight excluding hydrogens is 304 g/mol. The van der Waals surface area contributed by atoms with Gasteiger partial charge in [0.2, 0.25) is 0 Å². The molecule has 0 aliphatic rings. The van der Waals surface area contributed by atoms with Gasteiger partial charge in [-0.05, 0) is 18.6 Å². The van der Waals surface area contributed by atoms with E-state index in [4.69, 9.17) is 9.47 Å². The van der Waals surface area contributed by atoms with Crippen LogP contribution in [-0.4, -0.2) is 31.1 Å². The first-order valence-corrected chi connectivity index (χ1v) is 7.51. The molecule has 0 atom stereocenters. The van der Waals surface area contributed by atoms with E-state index in [9.17, 15) is 4.79 Å². The van der Waals surface area contributed by atoms with Gasteiger partial charge in [-0.15, -0.1) is 0 Å². The molecule has 3 rings (SSSR count). The summed E-state index contributed by atoms with van der Waals surface area (Å²) in [6.07, 6.45) is 3.41. The summed E-state index contributed by atoms with van der Waals surface area (Å²) in [7, 11) is 2.95. The summed E-state index contributed by atoms with van der Waals surface area (Å²) >= 11 is 0. The summed E-state index contributed by atoms with van der Waals surface area (Å²) < 4.78 is 11.9. The predicted molar refractivity (Wildman–Crippen MR) is 94.0 cm³/mol. The topological polar surface area (TPSA) is 52.8 Å². The van der Waals surface area contributed by atoms with Crippen molar-refractivity contribution in [2.75, 3.05) is 14.2 Å². The Morgan fingerprint density at radius 1 is 1.17 bits per heavy atom. The second kappa shape index (κ2) is 6.58. The van der Waals surface area contributed by atoms with Crippen LogP contribution in [0.15, 0.2) is 53.8 Å². The van der Waals surface area contributed by atoms with Gasteiger partial charge in [0.25, 0.3) is 0 Å². The number of hydrogen-bond acceptors (Lipinski definition) is 4. The summed E-state index contributed by atoms with van der Waals surface area (Å²) in [5.74, 6) is 0.238. The van der Waals surface area contributed by atoms with Crippen molar-refractivity contribution in [3.05, 3.63) is 65.4 Å². The highest BCUT2D eigenvalue weighted by molar-refractivity contribution is 6.06. The predicted octanol–water partition coefficient (Wildman–Crippen LogP) is 3.63. The third-order valence-electron chi connectivity index (χ3n) is 3.77. The number of fused-ring (bicyclic) bond motifs is 1. The maximum Gasteiger partial charge on any atom is 0.340 e. The lowest BCUT2D eigenvalue weighted by Gasteiger charge is -2.04. The van der Waals surface area contributed by atoms with Crippen LogP contribution in [0.1, 0.15) is 21.5 Å². The molecule has 0 aliphatic carbocycles. The Labute approximate surface area is 140 Å². The first-order valence-electron chi connectivity index (χ1n) is 7.51. The van der Waals surface area contributed by atoms with E-state index in [0.29, 0.717) is 11.3 Å².